The van der Waals surface area contributed by atoms with Crippen molar-refractivity contribution < 1.29 is 19.4 Å². The molecule has 0 atom stereocenters. The highest BCUT2D eigenvalue weighted by Crippen LogP contribution is 2.40. The fourth-order valence-electron chi connectivity index (χ4n) is 3.59. The summed E-state index contributed by atoms with van der Waals surface area (Å²) in [5.41, 5.74) is 2.30. The van der Waals surface area contributed by atoms with Crippen LogP contribution in [0.3, 0.4) is 0 Å². The first-order valence-corrected chi connectivity index (χ1v) is 10.8. The molecule has 1 fully saturated rings. The molecular weight excluding hydrogens is 398 g/mol. The lowest BCUT2D eigenvalue weighted by Gasteiger charge is -2.31. The van der Waals surface area contributed by atoms with E-state index in [1.54, 1.807) is 12.0 Å². The summed E-state index contributed by atoms with van der Waals surface area (Å²) in [6.45, 7) is 0.303. The first-order chi connectivity index (χ1) is 14.6. The predicted octanol–water partition coefficient (Wildman–Crippen LogP) is 5.46. The van der Waals surface area contributed by atoms with Crippen molar-refractivity contribution in [2.75, 3.05) is 12.0 Å². The maximum atomic E-state index is 13.3. The summed E-state index contributed by atoms with van der Waals surface area (Å²) in [5.74, 6) is -0.368. The average molecular weight is 422 g/mol. The van der Waals surface area contributed by atoms with Gasteiger partial charge in [-0.25, -0.2) is 4.79 Å². The van der Waals surface area contributed by atoms with Gasteiger partial charge in [0.15, 0.2) is 0 Å². The third kappa shape index (κ3) is 4.09. The number of carbonyl (C=O) groups is 2. The van der Waals surface area contributed by atoms with Crippen LogP contribution in [0.2, 0.25) is 0 Å². The Hall–Kier alpha value is -3.12. The highest BCUT2D eigenvalue weighted by atomic mass is 32.1. The molecule has 1 saturated carbocycles. The predicted molar refractivity (Wildman–Crippen MR) is 118 cm³/mol. The lowest BCUT2D eigenvalue weighted by Crippen LogP contribution is -2.39. The lowest BCUT2D eigenvalue weighted by molar-refractivity contribution is -0.124. The molecule has 4 rings (SSSR count). The van der Waals surface area contributed by atoms with Crippen molar-refractivity contribution in [1.82, 2.24) is 0 Å². The van der Waals surface area contributed by atoms with Crippen LogP contribution in [0.15, 0.2) is 60.7 Å². The number of carboxylic acids is 1. The van der Waals surface area contributed by atoms with Crippen LogP contribution in [0.4, 0.5) is 5.69 Å². The van der Waals surface area contributed by atoms with Gasteiger partial charge >= 0.3 is 5.97 Å². The Labute approximate surface area is 179 Å². The summed E-state index contributed by atoms with van der Waals surface area (Å²) in [6, 6.07) is 19.0. The van der Waals surface area contributed by atoms with E-state index in [9.17, 15) is 14.7 Å². The second-order valence-electron chi connectivity index (χ2n) is 7.40. The number of hydrogen-bond donors (Lipinski definition) is 1. The normalized spacial score (nSPS) is 13.5. The van der Waals surface area contributed by atoms with Crippen molar-refractivity contribution in [3.8, 4) is 16.2 Å². The molecule has 0 radical (unpaired) electrons. The van der Waals surface area contributed by atoms with Gasteiger partial charge in [-0.2, -0.15) is 0 Å². The third-order valence-corrected chi connectivity index (χ3v) is 6.61. The summed E-state index contributed by atoms with van der Waals surface area (Å²) >= 11 is 1.20. The maximum Gasteiger partial charge on any atom is 0.348 e. The van der Waals surface area contributed by atoms with Crippen LogP contribution >= 0.6 is 11.3 Å². The summed E-state index contributed by atoms with van der Waals surface area (Å²) in [4.78, 5) is 28.0. The molecule has 5 nitrogen and oxygen atoms in total. The Kier molecular flexibility index (Phi) is 5.86. The summed E-state index contributed by atoms with van der Waals surface area (Å²) in [6.07, 6.45) is 2.74. The Balaban J connectivity index is 1.76. The zero-order chi connectivity index (χ0) is 21.1. The molecule has 0 aliphatic heterocycles. The van der Waals surface area contributed by atoms with Crippen molar-refractivity contribution >= 4 is 28.9 Å². The van der Waals surface area contributed by atoms with E-state index in [4.69, 9.17) is 4.74 Å². The fraction of sp³-hybridized carbons (Fsp3) is 0.250. The molecule has 154 valence electrons. The van der Waals surface area contributed by atoms with Gasteiger partial charge in [-0.05, 0) is 42.2 Å². The molecule has 6 heteroatoms. The molecule has 1 amide bonds. The van der Waals surface area contributed by atoms with Gasteiger partial charge in [0.25, 0.3) is 0 Å². The van der Waals surface area contributed by atoms with Gasteiger partial charge in [-0.3, -0.25) is 4.79 Å². The number of benzene rings is 2. The fourth-order valence-corrected chi connectivity index (χ4v) is 4.60. The topological polar surface area (TPSA) is 66.8 Å². The van der Waals surface area contributed by atoms with Gasteiger partial charge in [0.1, 0.15) is 10.6 Å². The number of ether oxygens (including phenoxy) is 1. The van der Waals surface area contributed by atoms with Crippen molar-refractivity contribution in [3.05, 3.63) is 71.1 Å². The minimum Gasteiger partial charge on any atom is -0.497 e. The molecule has 1 heterocycles. The first kappa shape index (κ1) is 20.2. The molecular formula is C24H23NO4S. The smallest absolute Gasteiger partial charge is 0.348 e. The minimum atomic E-state index is -1.02. The molecule has 1 N–H and O–H groups in total. The lowest BCUT2D eigenvalue weighted by atomic mass is 9.84. The third-order valence-electron chi connectivity index (χ3n) is 5.45. The average Bonchev–Trinajstić information content (AvgIpc) is 3.17. The summed E-state index contributed by atoms with van der Waals surface area (Å²) < 4.78 is 5.31. The van der Waals surface area contributed by atoms with E-state index in [0.29, 0.717) is 18.0 Å². The van der Waals surface area contributed by atoms with Crippen LogP contribution in [0.1, 0.15) is 34.5 Å². The van der Waals surface area contributed by atoms with Crippen LogP contribution < -0.4 is 9.64 Å². The molecule has 30 heavy (non-hydrogen) atoms. The van der Waals surface area contributed by atoms with Crippen molar-refractivity contribution in [3.63, 3.8) is 0 Å². The number of carboxylic acid groups (broad SMARTS) is 1. The van der Waals surface area contributed by atoms with Crippen molar-refractivity contribution in [2.45, 2.75) is 25.8 Å². The van der Waals surface area contributed by atoms with Crippen LogP contribution in [0.5, 0.6) is 5.75 Å². The molecule has 0 spiro atoms. The second kappa shape index (κ2) is 8.71. The number of aromatic carboxylic acids is 1. The number of rotatable bonds is 7. The van der Waals surface area contributed by atoms with Crippen LogP contribution in [0.25, 0.3) is 10.4 Å². The largest absolute Gasteiger partial charge is 0.497 e. The zero-order valence-corrected chi connectivity index (χ0v) is 17.5. The standard InChI is InChI=1S/C24H23NO4S/c1-29-19-12-5-7-16(13-19)15-25(23(26)18-10-6-11-18)20-14-21(30-22(20)24(27)28)17-8-3-2-4-9-17/h2-5,7-9,12-14,18H,6,10-11,15H2,1H3,(H,27,28). The van der Waals surface area contributed by atoms with Crippen LogP contribution in [-0.2, 0) is 11.3 Å². The molecule has 1 aliphatic rings. The van der Waals surface area contributed by atoms with Crippen LogP contribution in [-0.4, -0.2) is 24.1 Å². The zero-order valence-electron chi connectivity index (χ0n) is 16.7. The van der Waals surface area contributed by atoms with Gasteiger partial charge < -0.3 is 14.7 Å². The van der Waals surface area contributed by atoms with Crippen LogP contribution in [0, 0.1) is 5.92 Å². The number of anilines is 1. The minimum absolute atomic E-state index is 0.0102. The Bertz CT molecular complexity index is 1060. The Morgan fingerprint density at radius 1 is 1.10 bits per heavy atom. The van der Waals surface area contributed by atoms with Gasteiger partial charge in [-0.15, -0.1) is 11.3 Å². The number of amides is 1. The SMILES string of the molecule is COc1cccc(CN(C(=O)C2CCC2)c2cc(-c3ccccc3)sc2C(=O)O)c1. The molecule has 3 aromatic rings. The Morgan fingerprint density at radius 2 is 1.87 bits per heavy atom. The van der Waals surface area contributed by atoms with E-state index < -0.39 is 5.97 Å². The number of carbonyl (C=O) groups excluding carboxylic acids is 1. The molecule has 1 aromatic heterocycles. The summed E-state index contributed by atoms with van der Waals surface area (Å²) in [7, 11) is 1.60. The molecule has 1 aliphatic carbocycles. The van der Waals surface area contributed by atoms with Gasteiger partial charge in [-0.1, -0.05) is 48.9 Å². The second-order valence-corrected chi connectivity index (χ2v) is 8.45. The van der Waals surface area contributed by atoms with Gasteiger partial charge in [0.05, 0.1) is 19.3 Å². The maximum absolute atomic E-state index is 13.3. The number of methoxy groups -OCH3 is 1. The Morgan fingerprint density at radius 3 is 2.50 bits per heavy atom. The van der Waals surface area contributed by atoms with Crippen molar-refractivity contribution in [1.29, 1.82) is 0 Å². The summed E-state index contributed by atoms with van der Waals surface area (Å²) in [5, 5.41) is 9.87. The van der Waals surface area contributed by atoms with E-state index >= 15 is 0 Å². The van der Waals surface area contributed by atoms with E-state index in [1.165, 1.54) is 11.3 Å². The molecule has 0 saturated heterocycles. The highest BCUT2D eigenvalue weighted by Gasteiger charge is 2.33. The first-order valence-electron chi connectivity index (χ1n) is 9.93. The molecule has 0 bridgehead atoms. The number of nitrogens with zero attached hydrogens (tertiary/aromatic N) is 1. The van der Waals surface area contributed by atoms with Gasteiger partial charge in [0, 0.05) is 10.8 Å². The highest BCUT2D eigenvalue weighted by molar-refractivity contribution is 7.18. The number of thiophene rings is 1. The van der Waals surface area contributed by atoms with E-state index in [-0.39, 0.29) is 16.7 Å². The molecule has 0 unspecified atom stereocenters. The monoisotopic (exact) mass is 421 g/mol. The molecule has 2 aromatic carbocycles. The van der Waals surface area contributed by atoms with Crippen molar-refractivity contribution in [2.24, 2.45) is 5.92 Å². The van der Waals surface area contributed by atoms with E-state index in [0.717, 1.165) is 35.3 Å². The van der Waals surface area contributed by atoms with E-state index in [2.05, 4.69) is 0 Å². The quantitative estimate of drug-likeness (QED) is 0.550. The number of hydrogen-bond acceptors (Lipinski definition) is 4. The van der Waals surface area contributed by atoms with Gasteiger partial charge in [0.2, 0.25) is 5.91 Å². The van der Waals surface area contributed by atoms with E-state index in [1.807, 2.05) is 60.7 Å².